The van der Waals surface area contributed by atoms with E-state index in [0.29, 0.717) is 0 Å². The third kappa shape index (κ3) is 1.29. The molecule has 5 heteroatoms. The molecule has 0 spiro atoms. The molecule has 0 aliphatic heterocycles. The fourth-order valence-corrected chi connectivity index (χ4v) is 2.19. The molecule has 0 amide bonds. The average Bonchev–Trinajstić information content (AvgIpc) is 2.44. The minimum Gasteiger partial charge on any atom is -0.481 e. The molecule has 1 aliphatic carbocycles. The van der Waals surface area contributed by atoms with E-state index in [-0.39, 0.29) is 11.8 Å². The Kier molecular flexibility index (Phi) is 2.02. The highest BCUT2D eigenvalue weighted by atomic mass is 16.4. The highest BCUT2D eigenvalue weighted by Gasteiger charge is 2.42. The minimum absolute atomic E-state index is 0.189. The molecule has 1 aromatic heterocycles. The third-order valence-electron chi connectivity index (χ3n) is 3.06. The van der Waals surface area contributed by atoms with Crippen molar-refractivity contribution in [3.05, 3.63) is 11.9 Å². The molecule has 2 rings (SSSR count). The van der Waals surface area contributed by atoms with Crippen molar-refractivity contribution in [2.45, 2.75) is 31.1 Å². The first-order valence-corrected chi connectivity index (χ1v) is 4.71. The summed E-state index contributed by atoms with van der Waals surface area (Å²) in [6.07, 6.45) is 4.83. The maximum Gasteiger partial charge on any atom is 0.304 e. The molecule has 1 heterocycles. The van der Waals surface area contributed by atoms with Crippen molar-refractivity contribution in [2.24, 2.45) is 7.05 Å². The van der Waals surface area contributed by atoms with Gasteiger partial charge in [-0.25, -0.2) is 0 Å². The fraction of sp³-hybridized carbons (Fsp3) is 0.667. The smallest absolute Gasteiger partial charge is 0.304 e. The molecular formula is C9H13N3O2. The third-order valence-corrected chi connectivity index (χ3v) is 3.06. The highest BCUT2D eigenvalue weighted by Crippen LogP contribution is 2.45. The summed E-state index contributed by atoms with van der Waals surface area (Å²) >= 11 is 0. The molecule has 1 N–H and O–H groups in total. The summed E-state index contributed by atoms with van der Waals surface area (Å²) in [5, 5.41) is 16.5. The van der Waals surface area contributed by atoms with Gasteiger partial charge < -0.3 is 5.11 Å². The van der Waals surface area contributed by atoms with Gasteiger partial charge in [0.1, 0.15) is 0 Å². The molecule has 0 radical (unpaired) electrons. The molecule has 0 saturated heterocycles. The van der Waals surface area contributed by atoms with E-state index >= 15 is 0 Å². The number of carboxylic acid groups (broad SMARTS) is 1. The van der Waals surface area contributed by atoms with Crippen molar-refractivity contribution >= 4 is 5.97 Å². The summed E-state index contributed by atoms with van der Waals surface area (Å²) in [5.41, 5.74) is 0.746. The highest BCUT2D eigenvalue weighted by molar-refractivity contribution is 5.69. The standard InChI is InChI=1S/C9H13N3O2/c1-12-7(6-10-11-12)9(3-2-4-9)5-8(13)14/h6H,2-5H2,1H3,(H,13,14). The van der Waals surface area contributed by atoms with Crippen molar-refractivity contribution in [1.82, 2.24) is 15.0 Å². The predicted octanol–water partition coefficient (Wildman–Crippen LogP) is 0.711. The van der Waals surface area contributed by atoms with Gasteiger partial charge in [0.2, 0.25) is 0 Å². The van der Waals surface area contributed by atoms with E-state index in [9.17, 15) is 4.79 Å². The predicted molar refractivity (Wildman–Crippen MR) is 48.8 cm³/mol. The molecule has 1 saturated carbocycles. The first-order valence-electron chi connectivity index (χ1n) is 4.71. The van der Waals surface area contributed by atoms with Gasteiger partial charge in [-0.2, -0.15) is 0 Å². The van der Waals surface area contributed by atoms with Gasteiger partial charge in [0.15, 0.2) is 0 Å². The summed E-state index contributed by atoms with van der Waals surface area (Å²) in [6, 6.07) is 0. The Morgan fingerprint density at radius 1 is 1.71 bits per heavy atom. The quantitative estimate of drug-likeness (QED) is 0.771. The summed E-state index contributed by atoms with van der Waals surface area (Å²) in [5.74, 6) is -0.745. The summed E-state index contributed by atoms with van der Waals surface area (Å²) in [7, 11) is 1.81. The average molecular weight is 195 g/mol. The maximum absolute atomic E-state index is 10.8. The summed E-state index contributed by atoms with van der Waals surface area (Å²) in [6.45, 7) is 0. The van der Waals surface area contributed by atoms with Gasteiger partial charge in [0.25, 0.3) is 0 Å². The van der Waals surface area contributed by atoms with Gasteiger partial charge in [0.05, 0.1) is 18.3 Å². The van der Waals surface area contributed by atoms with Crippen LogP contribution in [0.3, 0.4) is 0 Å². The van der Waals surface area contributed by atoms with Crippen LogP contribution in [0.25, 0.3) is 0 Å². The van der Waals surface area contributed by atoms with Gasteiger partial charge in [0, 0.05) is 12.5 Å². The molecule has 0 atom stereocenters. The van der Waals surface area contributed by atoms with Crippen LogP contribution in [0.2, 0.25) is 0 Å². The number of aliphatic carboxylic acids is 1. The molecule has 5 nitrogen and oxygen atoms in total. The van der Waals surface area contributed by atoms with Crippen molar-refractivity contribution < 1.29 is 9.90 Å². The molecule has 1 fully saturated rings. The van der Waals surface area contributed by atoms with Gasteiger partial charge in [-0.05, 0) is 12.8 Å². The number of nitrogens with zero attached hydrogens (tertiary/aromatic N) is 3. The molecule has 76 valence electrons. The van der Waals surface area contributed by atoms with Crippen LogP contribution in [-0.4, -0.2) is 26.1 Å². The molecule has 0 unspecified atom stereocenters. The monoisotopic (exact) mass is 195 g/mol. The lowest BCUT2D eigenvalue weighted by atomic mass is 9.64. The number of aryl methyl sites for hydroxylation is 1. The van der Waals surface area contributed by atoms with E-state index in [0.717, 1.165) is 25.0 Å². The summed E-state index contributed by atoms with van der Waals surface area (Å²) < 4.78 is 1.68. The van der Waals surface area contributed by atoms with E-state index < -0.39 is 5.97 Å². The van der Waals surface area contributed by atoms with E-state index in [4.69, 9.17) is 5.11 Å². The van der Waals surface area contributed by atoms with Crippen LogP contribution in [0.15, 0.2) is 6.20 Å². The number of aromatic nitrogens is 3. The first-order chi connectivity index (χ1) is 6.64. The molecule has 0 aromatic carbocycles. The van der Waals surface area contributed by atoms with Crippen molar-refractivity contribution in [1.29, 1.82) is 0 Å². The zero-order chi connectivity index (χ0) is 10.2. The number of carbonyl (C=O) groups is 1. The Morgan fingerprint density at radius 3 is 2.79 bits per heavy atom. The molecule has 0 bridgehead atoms. The van der Waals surface area contributed by atoms with Crippen LogP contribution in [0, 0.1) is 0 Å². The van der Waals surface area contributed by atoms with E-state index in [1.807, 2.05) is 7.05 Å². The van der Waals surface area contributed by atoms with Gasteiger partial charge >= 0.3 is 5.97 Å². The SMILES string of the molecule is Cn1nncc1C1(CC(=O)O)CCC1. The summed E-state index contributed by atoms with van der Waals surface area (Å²) in [4.78, 5) is 10.8. The Morgan fingerprint density at radius 2 is 2.43 bits per heavy atom. The minimum atomic E-state index is -0.745. The lowest BCUT2D eigenvalue weighted by Crippen LogP contribution is -2.38. The van der Waals surface area contributed by atoms with E-state index in [2.05, 4.69) is 10.3 Å². The Bertz CT molecular complexity index is 355. The normalized spacial score (nSPS) is 18.9. The number of hydrogen-bond acceptors (Lipinski definition) is 3. The van der Waals surface area contributed by atoms with Crippen LogP contribution in [0.4, 0.5) is 0 Å². The second-order valence-electron chi connectivity index (χ2n) is 3.95. The van der Waals surface area contributed by atoms with Crippen LogP contribution >= 0.6 is 0 Å². The van der Waals surface area contributed by atoms with Crippen molar-refractivity contribution in [2.75, 3.05) is 0 Å². The Balaban J connectivity index is 2.29. The Hall–Kier alpha value is -1.39. The second-order valence-corrected chi connectivity index (χ2v) is 3.95. The van der Waals surface area contributed by atoms with Crippen LogP contribution in [-0.2, 0) is 17.3 Å². The lowest BCUT2D eigenvalue weighted by Gasteiger charge is -2.40. The van der Waals surface area contributed by atoms with Gasteiger partial charge in [-0.1, -0.05) is 11.6 Å². The first kappa shape index (κ1) is 9.18. The van der Waals surface area contributed by atoms with Crippen molar-refractivity contribution in [3.63, 3.8) is 0 Å². The topological polar surface area (TPSA) is 68.0 Å². The zero-order valence-electron chi connectivity index (χ0n) is 8.10. The fourth-order valence-electron chi connectivity index (χ4n) is 2.19. The maximum atomic E-state index is 10.8. The second kappa shape index (κ2) is 3.08. The van der Waals surface area contributed by atoms with Crippen LogP contribution < -0.4 is 0 Å². The van der Waals surface area contributed by atoms with Crippen LogP contribution in [0.5, 0.6) is 0 Å². The lowest BCUT2D eigenvalue weighted by molar-refractivity contribution is -0.139. The van der Waals surface area contributed by atoms with E-state index in [1.54, 1.807) is 10.9 Å². The van der Waals surface area contributed by atoms with E-state index in [1.165, 1.54) is 0 Å². The molecular weight excluding hydrogens is 182 g/mol. The molecule has 14 heavy (non-hydrogen) atoms. The van der Waals surface area contributed by atoms with Crippen LogP contribution in [0.1, 0.15) is 31.4 Å². The number of carboxylic acids is 1. The van der Waals surface area contributed by atoms with Crippen molar-refractivity contribution in [3.8, 4) is 0 Å². The number of rotatable bonds is 3. The number of hydrogen-bond donors (Lipinski definition) is 1. The largest absolute Gasteiger partial charge is 0.481 e. The van der Waals surface area contributed by atoms with Gasteiger partial charge in [-0.3, -0.25) is 9.48 Å². The zero-order valence-corrected chi connectivity index (χ0v) is 8.10. The Labute approximate surface area is 81.7 Å². The molecule has 1 aromatic rings. The van der Waals surface area contributed by atoms with Gasteiger partial charge in [-0.15, -0.1) is 5.10 Å². The molecule has 1 aliphatic rings.